The van der Waals surface area contributed by atoms with Crippen LogP contribution in [0, 0.1) is 0 Å². The number of ether oxygens (including phenoxy) is 1. The number of unbranched alkanes of at least 4 members (excludes halogenated alkanes) is 9. The van der Waals surface area contributed by atoms with E-state index in [4.69, 9.17) is 9.57 Å². The van der Waals surface area contributed by atoms with Crippen molar-refractivity contribution in [1.29, 1.82) is 0 Å². The summed E-state index contributed by atoms with van der Waals surface area (Å²) in [5, 5.41) is 0.560. The van der Waals surface area contributed by atoms with Crippen molar-refractivity contribution in [2.24, 2.45) is 0 Å². The van der Waals surface area contributed by atoms with Gasteiger partial charge in [-0.2, -0.15) is 0 Å². The number of esters is 1. The van der Waals surface area contributed by atoms with Crippen LogP contribution in [0.4, 0.5) is 0 Å². The van der Waals surface area contributed by atoms with Gasteiger partial charge in [-0.1, -0.05) is 86.3 Å². The first-order valence-corrected chi connectivity index (χ1v) is 14.0. The van der Waals surface area contributed by atoms with Crippen molar-refractivity contribution in [2.75, 3.05) is 18.1 Å². The molecule has 0 aromatic heterocycles. The number of nitrogens with zero attached hydrogens (tertiary/aromatic N) is 1. The van der Waals surface area contributed by atoms with Crippen LogP contribution in [-0.4, -0.2) is 46.9 Å². The van der Waals surface area contributed by atoms with Gasteiger partial charge in [-0.25, -0.2) is 4.79 Å². The van der Waals surface area contributed by atoms with Crippen molar-refractivity contribution in [1.82, 2.24) is 5.06 Å². The molecule has 1 aliphatic heterocycles. The second-order valence-electron chi connectivity index (χ2n) is 7.59. The normalized spacial score (nSPS) is 13.6. The minimum atomic E-state index is -0.604. The number of rotatable bonds is 19. The molecule has 0 N–H and O–H groups in total. The molecular formula is C22H37NO6S2. The molecule has 0 aliphatic carbocycles. The van der Waals surface area contributed by atoms with E-state index < -0.39 is 17.8 Å². The van der Waals surface area contributed by atoms with Crippen LogP contribution in [0.1, 0.15) is 96.8 Å². The first-order valence-electron chi connectivity index (χ1n) is 11.5. The third-order valence-electron chi connectivity index (χ3n) is 4.82. The summed E-state index contributed by atoms with van der Waals surface area (Å²) in [5.41, 5.74) is 0. The molecule has 0 saturated carbocycles. The third-order valence-corrected chi connectivity index (χ3v) is 7.23. The van der Waals surface area contributed by atoms with Gasteiger partial charge in [-0.3, -0.25) is 14.4 Å². The Morgan fingerprint density at radius 2 is 1.26 bits per heavy atom. The van der Waals surface area contributed by atoms with Crippen LogP contribution in [0.5, 0.6) is 0 Å². The second kappa shape index (κ2) is 18.4. The highest BCUT2D eigenvalue weighted by molar-refractivity contribution is 8.76. The lowest BCUT2D eigenvalue weighted by molar-refractivity contribution is -0.197. The average molecular weight is 476 g/mol. The van der Waals surface area contributed by atoms with E-state index in [1.165, 1.54) is 73.0 Å². The van der Waals surface area contributed by atoms with Gasteiger partial charge in [0.25, 0.3) is 11.8 Å². The number of amides is 2. The third kappa shape index (κ3) is 14.5. The van der Waals surface area contributed by atoms with Crippen molar-refractivity contribution in [3.63, 3.8) is 0 Å². The summed E-state index contributed by atoms with van der Waals surface area (Å²) < 4.78 is 5.25. The Hall–Kier alpha value is -1.22. The minimum absolute atomic E-state index is 0.0893. The molecule has 0 unspecified atom stereocenters. The SMILES string of the molecule is CCCCCCCCCCCCOC(=O)CCSSCCC(=O)ON1C(=O)CCC1=O. The number of carbonyl (C=O) groups excluding carboxylic acids is 4. The zero-order chi connectivity index (χ0) is 22.7. The Morgan fingerprint density at radius 3 is 1.81 bits per heavy atom. The molecule has 0 bridgehead atoms. The summed E-state index contributed by atoms with van der Waals surface area (Å²) >= 11 is 0. The predicted molar refractivity (Wildman–Crippen MR) is 124 cm³/mol. The van der Waals surface area contributed by atoms with E-state index in [0.29, 0.717) is 29.6 Å². The largest absolute Gasteiger partial charge is 0.466 e. The molecule has 0 aromatic rings. The molecule has 2 amide bonds. The van der Waals surface area contributed by atoms with Crippen molar-refractivity contribution in [3.8, 4) is 0 Å². The second-order valence-corrected chi connectivity index (χ2v) is 10.3. The Balaban J connectivity index is 1.85. The molecule has 178 valence electrons. The number of carbonyl (C=O) groups is 4. The molecule has 1 rings (SSSR count). The van der Waals surface area contributed by atoms with Crippen LogP contribution < -0.4 is 0 Å². The molecule has 9 heteroatoms. The maximum absolute atomic E-state index is 11.7. The van der Waals surface area contributed by atoms with E-state index in [-0.39, 0.29) is 25.2 Å². The molecule has 0 atom stereocenters. The molecule has 1 aliphatic rings. The van der Waals surface area contributed by atoms with Crippen LogP contribution in [-0.2, 0) is 28.8 Å². The summed E-state index contributed by atoms with van der Waals surface area (Å²) in [6.45, 7) is 2.73. The van der Waals surface area contributed by atoms with E-state index in [0.717, 1.165) is 12.8 Å². The van der Waals surface area contributed by atoms with Gasteiger partial charge in [0, 0.05) is 24.3 Å². The van der Waals surface area contributed by atoms with Gasteiger partial charge in [0.1, 0.15) is 0 Å². The maximum atomic E-state index is 11.7. The zero-order valence-corrected chi connectivity index (χ0v) is 20.4. The Bertz CT molecular complexity index is 542. The summed E-state index contributed by atoms with van der Waals surface area (Å²) in [6.07, 6.45) is 13.1. The van der Waals surface area contributed by atoms with Crippen LogP contribution >= 0.6 is 21.6 Å². The average Bonchev–Trinajstić information content (AvgIpc) is 3.06. The summed E-state index contributed by atoms with van der Waals surface area (Å²) in [4.78, 5) is 50.9. The van der Waals surface area contributed by atoms with Gasteiger partial charge in [0.2, 0.25) is 0 Å². The number of hydrogen-bond donors (Lipinski definition) is 0. The Kier molecular flexibility index (Phi) is 16.5. The van der Waals surface area contributed by atoms with E-state index in [9.17, 15) is 19.2 Å². The number of hydroxylamine groups is 2. The fourth-order valence-corrected chi connectivity index (χ4v) is 4.96. The van der Waals surface area contributed by atoms with Crippen LogP contribution in [0.25, 0.3) is 0 Å². The first kappa shape index (κ1) is 27.8. The first-order chi connectivity index (χ1) is 15.0. The van der Waals surface area contributed by atoms with Crippen molar-refractivity contribution in [2.45, 2.75) is 96.8 Å². The van der Waals surface area contributed by atoms with Gasteiger partial charge >= 0.3 is 11.9 Å². The van der Waals surface area contributed by atoms with Crippen molar-refractivity contribution in [3.05, 3.63) is 0 Å². The van der Waals surface area contributed by atoms with Crippen LogP contribution in [0.2, 0.25) is 0 Å². The lowest BCUT2D eigenvalue weighted by atomic mass is 10.1. The summed E-state index contributed by atoms with van der Waals surface area (Å²) in [7, 11) is 2.94. The highest BCUT2D eigenvalue weighted by atomic mass is 33.1. The molecule has 1 saturated heterocycles. The van der Waals surface area contributed by atoms with Gasteiger partial charge in [0.05, 0.1) is 19.4 Å². The van der Waals surface area contributed by atoms with E-state index in [2.05, 4.69) is 6.92 Å². The monoisotopic (exact) mass is 475 g/mol. The Labute approximate surface area is 194 Å². The lowest BCUT2D eigenvalue weighted by Crippen LogP contribution is -2.32. The maximum Gasteiger partial charge on any atom is 0.334 e. The molecular weight excluding hydrogens is 438 g/mol. The predicted octanol–water partition coefficient (Wildman–Crippen LogP) is 5.22. The highest BCUT2D eigenvalue weighted by Crippen LogP contribution is 2.23. The fraction of sp³-hybridized carbons (Fsp3) is 0.818. The number of hydrogen-bond acceptors (Lipinski definition) is 8. The molecule has 1 fully saturated rings. The summed E-state index contributed by atoms with van der Waals surface area (Å²) in [6, 6.07) is 0. The molecule has 0 spiro atoms. The van der Waals surface area contributed by atoms with Gasteiger partial charge in [0.15, 0.2) is 0 Å². The molecule has 31 heavy (non-hydrogen) atoms. The van der Waals surface area contributed by atoms with Crippen molar-refractivity contribution < 1.29 is 28.8 Å². The van der Waals surface area contributed by atoms with E-state index in [1.807, 2.05) is 0 Å². The van der Waals surface area contributed by atoms with E-state index >= 15 is 0 Å². The van der Waals surface area contributed by atoms with Gasteiger partial charge < -0.3 is 9.57 Å². The molecule has 0 aromatic carbocycles. The fourth-order valence-electron chi connectivity index (χ4n) is 3.02. The molecule has 0 radical (unpaired) electrons. The standard InChI is InChI=1S/C22H37NO6S2/c1-2-3-4-5-6-7-8-9-10-11-16-28-21(26)14-17-30-31-18-15-22(27)29-23-19(24)12-13-20(23)25/h2-18H2,1H3. The number of imide groups is 1. The minimum Gasteiger partial charge on any atom is -0.466 e. The van der Waals surface area contributed by atoms with Gasteiger partial charge in [-0.15, -0.1) is 5.06 Å². The topological polar surface area (TPSA) is 90.0 Å². The van der Waals surface area contributed by atoms with Crippen molar-refractivity contribution >= 4 is 45.3 Å². The smallest absolute Gasteiger partial charge is 0.334 e. The van der Waals surface area contributed by atoms with E-state index in [1.54, 1.807) is 0 Å². The van der Waals surface area contributed by atoms with Crippen LogP contribution in [0.15, 0.2) is 0 Å². The highest BCUT2D eigenvalue weighted by Gasteiger charge is 2.32. The van der Waals surface area contributed by atoms with Crippen LogP contribution in [0.3, 0.4) is 0 Å². The quantitative estimate of drug-likeness (QED) is 0.109. The Morgan fingerprint density at radius 1 is 0.774 bits per heavy atom. The molecule has 7 nitrogen and oxygen atoms in total. The molecule has 1 heterocycles. The zero-order valence-electron chi connectivity index (χ0n) is 18.7. The van der Waals surface area contributed by atoms with Gasteiger partial charge in [-0.05, 0) is 6.42 Å². The summed E-state index contributed by atoms with van der Waals surface area (Å²) in [5.74, 6) is -0.650. The lowest BCUT2D eigenvalue weighted by Gasteiger charge is -2.12.